The highest BCUT2D eigenvalue weighted by Crippen LogP contribution is 2.41. The zero-order valence-electron chi connectivity index (χ0n) is 20.5. The van der Waals surface area contributed by atoms with Crippen molar-refractivity contribution in [1.29, 1.82) is 0 Å². The zero-order valence-corrected chi connectivity index (χ0v) is 22.1. The fourth-order valence-electron chi connectivity index (χ4n) is 3.91. The van der Waals surface area contributed by atoms with Gasteiger partial charge in [0, 0.05) is 22.2 Å². The van der Waals surface area contributed by atoms with Gasteiger partial charge in [0.1, 0.15) is 5.50 Å². The molecule has 0 aliphatic heterocycles. The summed E-state index contributed by atoms with van der Waals surface area (Å²) >= 11 is 7.08. The molecule has 0 amide bonds. The molecule has 0 saturated heterocycles. The van der Waals surface area contributed by atoms with E-state index in [-0.39, 0.29) is 6.42 Å². The van der Waals surface area contributed by atoms with E-state index in [1.807, 2.05) is 61.7 Å². The minimum absolute atomic E-state index is 0.210. The number of rotatable bonds is 7. The summed E-state index contributed by atoms with van der Waals surface area (Å²) in [6, 6.07) is 15.9. The van der Waals surface area contributed by atoms with Crippen LogP contribution in [0.1, 0.15) is 76.7 Å². The first-order chi connectivity index (χ1) is 15.3. The van der Waals surface area contributed by atoms with Gasteiger partial charge in [-0.3, -0.25) is 9.00 Å². The van der Waals surface area contributed by atoms with Crippen molar-refractivity contribution in [2.75, 3.05) is 0 Å². The Labute approximate surface area is 204 Å². The van der Waals surface area contributed by atoms with Gasteiger partial charge in [0.15, 0.2) is 0 Å². The summed E-state index contributed by atoms with van der Waals surface area (Å²) in [5.41, 5.74) is 2.00. The van der Waals surface area contributed by atoms with Crippen LogP contribution in [-0.4, -0.2) is 24.6 Å². The number of fused-ring (bicyclic) bond motifs is 1. The Balaban J connectivity index is 2.45. The summed E-state index contributed by atoms with van der Waals surface area (Å²) in [4.78, 5) is 12.8. The van der Waals surface area contributed by atoms with E-state index < -0.39 is 32.4 Å². The van der Waals surface area contributed by atoms with Crippen LogP contribution < -0.4 is 0 Å². The van der Waals surface area contributed by atoms with Crippen LogP contribution in [0, 0.1) is 5.41 Å². The molecule has 0 saturated carbocycles. The first-order valence-corrected chi connectivity index (χ1v) is 12.9. The average molecular weight is 488 g/mol. The fourth-order valence-corrected chi connectivity index (χ4v) is 5.64. The van der Waals surface area contributed by atoms with E-state index in [4.69, 9.17) is 11.6 Å². The van der Waals surface area contributed by atoms with E-state index in [1.165, 1.54) is 0 Å². The Morgan fingerprint density at radius 1 is 1.03 bits per heavy atom. The molecule has 33 heavy (non-hydrogen) atoms. The average Bonchev–Trinajstić information content (AvgIpc) is 3.04. The molecule has 4 nitrogen and oxygen atoms in total. The monoisotopic (exact) mass is 487 g/mol. The Bertz CT molecular complexity index is 1190. The maximum absolute atomic E-state index is 13.9. The Kier molecular flexibility index (Phi) is 7.16. The predicted octanol–water partition coefficient (Wildman–Crippen LogP) is 7.11. The molecule has 6 heteroatoms. The summed E-state index contributed by atoms with van der Waals surface area (Å²) in [5.74, 6) is -0.603. The van der Waals surface area contributed by atoms with Gasteiger partial charge in [-0.2, -0.15) is 0 Å². The predicted molar refractivity (Wildman–Crippen MR) is 138 cm³/mol. The van der Waals surface area contributed by atoms with Gasteiger partial charge in [-0.1, -0.05) is 61.8 Å². The van der Waals surface area contributed by atoms with Gasteiger partial charge in [-0.15, -0.1) is 0 Å². The Hall–Kier alpha value is -2.11. The molecule has 0 aliphatic carbocycles. The second kappa shape index (κ2) is 9.27. The maximum atomic E-state index is 13.9. The molecule has 2 unspecified atom stereocenters. The lowest BCUT2D eigenvalue weighted by molar-refractivity contribution is -0.146. The fraction of sp³-hybridized carbons (Fsp3) is 0.444. The number of benzene rings is 2. The summed E-state index contributed by atoms with van der Waals surface area (Å²) in [6.07, 6.45) is 0.210. The van der Waals surface area contributed by atoms with Crippen LogP contribution in [0.2, 0.25) is 0 Å². The Morgan fingerprint density at radius 2 is 1.64 bits per heavy atom. The smallest absolute Gasteiger partial charge is 0.309 e. The zero-order chi connectivity index (χ0) is 24.7. The normalized spacial score (nSPS) is 14.6. The van der Waals surface area contributed by atoms with Gasteiger partial charge in [-0.05, 0) is 63.8 Å². The number of aromatic nitrogens is 1. The molecule has 2 aromatic carbocycles. The maximum Gasteiger partial charge on any atom is 0.309 e. The second-order valence-corrected chi connectivity index (χ2v) is 13.2. The topological polar surface area (TPSA) is 59.3 Å². The number of aliphatic carboxylic acids is 1. The molecule has 0 fully saturated rings. The van der Waals surface area contributed by atoms with Crippen LogP contribution in [0.5, 0.6) is 0 Å². The van der Waals surface area contributed by atoms with Gasteiger partial charge >= 0.3 is 5.97 Å². The number of nitrogens with zero attached hydrogens (tertiary/aromatic N) is 1. The molecule has 0 bridgehead atoms. The highest BCUT2D eigenvalue weighted by Gasteiger charge is 2.36. The molecule has 3 rings (SSSR count). The molecule has 1 heterocycles. The number of carbonyl (C=O) groups is 1. The van der Waals surface area contributed by atoms with Crippen LogP contribution in [-0.2, 0) is 22.0 Å². The van der Waals surface area contributed by atoms with E-state index >= 15 is 0 Å². The van der Waals surface area contributed by atoms with Gasteiger partial charge in [0.2, 0.25) is 0 Å². The van der Waals surface area contributed by atoms with Crippen LogP contribution in [0.4, 0.5) is 0 Å². The third-order valence-corrected chi connectivity index (χ3v) is 8.36. The standard InChI is InChI=1S/C27H34ClNO3S/c1-17(2)19-13-14-21-20(15-19)23(33(32)26(3,4)5)22(16-27(6,7)25(30)31)29(21)24(28)18-11-9-8-10-12-18/h8-15,17,24H,16H2,1-7H3,(H,30,31). The first kappa shape index (κ1) is 25.5. The van der Waals surface area contributed by atoms with E-state index in [0.717, 1.165) is 27.7 Å². The quantitative estimate of drug-likeness (QED) is 0.361. The highest BCUT2D eigenvalue weighted by atomic mass is 35.5. The molecule has 2 atom stereocenters. The molecule has 0 radical (unpaired) electrons. The van der Waals surface area contributed by atoms with Crippen molar-refractivity contribution in [2.45, 2.75) is 75.9 Å². The van der Waals surface area contributed by atoms with E-state index in [9.17, 15) is 14.1 Å². The van der Waals surface area contributed by atoms with E-state index in [1.54, 1.807) is 13.8 Å². The van der Waals surface area contributed by atoms with Crippen LogP contribution in [0.25, 0.3) is 10.9 Å². The van der Waals surface area contributed by atoms with Crippen molar-refractivity contribution in [3.63, 3.8) is 0 Å². The van der Waals surface area contributed by atoms with Crippen LogP contribution in [0.15, 0.2) is 53.4 Å². The molecule has 3 aromatic rings. The minimum atomic E-state index is -1.38. The number of carboxylic acids is 1. The second-order valence-electron chi connectivity index (χ2n) is 10.6. The van der Waals surface area contributed by atoms with Gasteiger partial charge < -0.3 is 9.67 Å². The number of hydrogen-bond donors (Lipinski definition) is 1. The molecule has 1 N–H and O–H groups in total. The number of alkyl halides is 1. The molecular weight excluding hydrogens is 454 g/mol. The largest absolute Gasteiger partial charge is 0.481 e. The number of carboxylic acid groups (broad SMARTS) is 1. The summed E-state index contributed by atoms with van der Waals surface area (Å²) in [5, 5.41) is 10.8. The van der Waals surface area contributed by atoms with Crippen molar-refractivity contribution < 1.29 is 14.1 Å². The van der Waals surface area contributed by atoms with E-state index in [2.05, 4.69) is 26.0 Å². The lowest BCUT2D eigenvalue weighted by atomic mass is 9.88. The van der Waals surface area contributed by atoms with Gasteiger partial charge in [-0.25, -0.2) is 0 Å². The van der Waals surface area contributed by atoms with Crippen molar-refractivity contribution in [3.8, 4) is 0 Å². The lowest BCUT2D eigenvalue weighted by Crippen LogP contribution is -2.29. The SMILES string of the molecule is CC(C)c1ccc2c(c1)c(S(=O)C(C)(C)C)c(CC(C)(C)C(=O)O)n2C(Cl)c1ccccc1. The highest BCUT2D eigenvalue weighted by molar-refractivity contribution is 7.86. The van der Waals surface area contributed by atoms with Crippen LogP contribution >= 0.6 is 11.6 Å². The minimum Gasteiger partial charge on any atom is -0.481 e. The summed E-state index contributed by atoms with van der Waals surface area (Å²) < 4.78 is 15.4. The number of halogens is 1. The van der Waals surface area contributed by atoms with E-state index in [0.29, 0.717) is 10.8 Å². The van der Waals surface area contributed by atoms with Gasteiger partial charge in [0.05, 0.1) is 26.6 Å². The summed E-state index contributed by atoms with van der Waals surface area (Å²) in [6.45, 7) is 13.5. The third kappa shape index (κ3) is 5.04. The molecule has 178 valence electrons. The summed E-state index contributed by atoms with van der Waals surface area (Å²) in [7, 11) is -1.38. The van der Waals surface area contributed by atoms with Crippen LogP contribution in [0.3, 0.4) is 0 Å². The Morgan fingerprint density at radius 3 is 2.15 bits per heavy atom. The molecule has 0 aliphatic rings. The van der Waals surface area contributed by atoms with Crippen molar-refractivity contribution in [2.24, 2.45) is 5.41 Å². The molecular formula is C27H34ClNO3S. The van der Waals surface area contributed by atoms with Gasteiger partial charge in [0.25, 0.3) is 0 Å². The van der Waals surface area contributed by atoms with Crippen molar-refractivity contribution in [1.82, 2.24) is 4.57 Å². The molecule has 1 aromatic heterocycles. The molecule has 0 spiro atoms. The first-order valence-electron chi connectivity index (χ1n) is 11.3. The third-order valence-electron chi connectivity index (χ3n) is 5.98. The van der Waals surface area contributed by atoms with Crippen molar-refractivity contribution >= 4 is 39.3 Å². The van der Waals surface area contributed by atoms with Crippen molar-refractivity contribution in [3.05, 3.63) is 65.4 Å². The lowest BCUT2D eigenvalue weighted by Gasteiger charge is -2.25. The number of hydrogen-bond acceptors (Lipinski definition) is 2.